The SMILES string of the molecule is CN[C@@H](C)C(=O)NC(C(=O)N1CCCC1c1nc(-c2cccc(Br)c2)cs1)C1CCCCC1. The number of rotatable bonds is 7. The van der Waals surface area contributed by atoms with Crippen molar-refractivity contribution in [2.75, 3.05) is 13.6 Å². The van der Waals surface area contributed by atoms with Crippen molar-refractivity contribution >= 4 is 39.1 Å². The summed E-state index contributed by atoms with van der Waals surface area (Å²) in [5.74, 6) is 0.151. The van der Waals surface area contributed by atoms with Crippen LogP contribution in [0.4, 0.5) is 0 Å². The summed E-state index contributed by atoms with van der Waals surface area (Å²) >= 11 is 5.15. The summed E-state index contributed by atoms with van der Waals surface area (Å²) in [6.45, 7) is 2.55. The molecule has 0 spiro atoms. The Bertz CT molecular complexity index is 975. The summed E-state index contributed by atoms with van der Waals surface area (Å²) in [4.78, 5) is 33.5. The van der Waals surface area contributed by atoms with E-state index in [1.54, 1.807) is 18.4 Å². The largest absolute Gasteiger partial charge is 0.343 e. The molecule has 1 saturated carbocycles. The van der Waals surface area contributed by atoms with Crippen molar-refractivity contribution in [3.8, 4) is 11.3 Å². The predicted molar refractivity (Wildman–Crippen MR) is 136 cm³/mol. The third-order valence-electron chi connectivity index (χ3n) is 6.97. The number of likely N-dealkylation sites (tertiary alicyclic amines) is 1. The van der Waals surface area contributed by atoms with Crippen molar-refractivity contribution in [3.05, 3.63) is 39.1 Å². The quantitative estimate of drug-likeness (QED) is 0.531. The number of benzene rings is 1. The van der Waals surface area contributed by atoms with Crippen LogP contribution in [0.1, 0.15) is 62.9 Å². The van der Waals surface area contributed by atoms with Crippen LogP contribution in [0.5, 0.6) is 0 Å². The first-order valence-corrected chi connectivity index (χ1v) is 13.6. The van der Waals surface area contributed by atoms with Crippen molar-refractivity contribution in [3.63, 3.8) is 0 Å². The van der Waals surface area contributed by atoms with Gasteiger partial charge in [-0.3, -0.25) is 9.59 Å². The minimum absolute atomic E-state index is 0.0203. The monoisotopic (exact) mass is 532 g/mol. The van der Waals surface area contributed by atoms with Gasteiger partial charge in [0.1, 0.15) is 11.0 Å². The first kappa shape index (κ1) is 24.4. The molecule has 1 aliphatic carbocycles. The Morgan fingerprint density at radius 1 is 1.18 bits per heavy atom. The maximum Gasteiger partial charge on any atom is 0.246 e. The van der Waals surface area contributed by atoms with E-state index >= 15 is 0 Å². The molecule has 1 aliphatic heterocycles. The molecule has 2 N–H and O–H groups in total. The number of aromatic nitrogens is 1. The molecule has 1 saturated heterocycles. The summed E-state index contributed by atoms with van der Waals surface area (Å²) in [5.41, 5.74) is 2.01. The van der Waals surface area contributed by atoms with E-state index in [4.69, 9.17) is 4.98 Å². The lowest BCUT2D eigenvalue weighted by Gasteiger charge is -2.35. The van der Waals surface area contributed by atoms with Gasteiger partial charge in [-0.25, -0.2) is 4.98 Å². The Morgan fingerprint density at radius 3 is 2.70 bits per heavy atom. The molecule has 2 fully saturated rings. The van der Waals surface area contributed by atoms with Gasteiger partial charge in [-0.2, -0.15) is 0 Å². The molecule has 8 heteroatoms. The maximum atomic E-state index is 13.9. The minimum Gasteiger partial charge on any atom is -0.343 e. The fourth-order valence-corrected chi connectivity index (χ4v) is 6.32. The van der Waals surface area contributed by atoms with Crippen LogP contribution in [0, 0.1) is 5.92 Å². The van der Waals surface area contributed by atoms with Gasteiger partial charge >= 0.3 is 0 Å². The van der Waals surface area contributed by atoms with Crippen molar-refractivity contribution in [2.24, 2.45) is 5.92 Å². The number of nitrogens with zero attached hydrogens (tertiary/aromatic N) is 2. The highest BCUT2D eigenvalue weighted by Crippen LogP contribution is 2.37. The molecule has 2 aromatic rings. The van der Waals surface area contributed by atoms with Crippen LogP contribution in [0.3, 0.4) is 0 Å². The van der Waals surface area contributed by atoms with Gasteiger partial charge in [0.15, 0.2) is 0 Å². The summed E-state index contributed by atoms with van der Waals surface area (Å²) < 4.78 is 1.02. The van der Waals surface area contributed by atoms with E-state index in [2.05, 4.69) is 44.1 Å². The second-order valence-electron chi connectivity index (χ2n) is 9.17. The number of hydrogen-bond acceptors (Lipinski definition) is 5. The first-order chi connectivity index (χ1) is 16.0. The van der Waals surface area contributed by atoms with Crippen LogP contribution in [0.15, 0.2) is 34.1 Å². The number of carbonyl (C=O) groups excluding carboxylic acids is 2. The molecule has 1 aromatic carbocycles. The summed E-state index contributed by atoms with van der Waals surface area (Å²) in [6.07, 6.45) is 7.31. The molecule has 1 aromatic heterocycles. The van der Waals surface area contributed by atoms with E-state index in [1.807, 2.05) is 24.0 Å². The molecule has 4 rings (SSSR count). The van der Waals surface area contributed by atoms with Gasteiger partial charge < -0.3 is 15.5 Å². The highest BCUT2D eigenvalue weighted by atomic mass is 79.9. The van der Waals surface area contributed by atoms with Gasteiger partial charge in [0.2, 0.25) is 11.8 Å². The van der Waals surface area contributed by atoms with Crippen molar-refractivity contribution in [1.29, 1.82) is 0 Å². The highest BCUT2D eigenvalue weighted by molar-refractivity contribution is 9.10. The van der Waals surface area contributed by atoms with Crippen molar-refractivity contribution in [2.45, 2.75) is 70.0 Å². The summed E-state index contributed by atoms with van der Waals surface area (Å²) in [7, 11) is 1.77. The third kappa shape index (κ3) is 5.66. The number of likely N-dealkylation sites (N-methyl/N-ethyl adjacent to an activating group) is 1. The van der Waals surface area contributed by atoms with E-state index in [1.165, 1.54) is 6.42 Å². The molecular formula is C25H33BrN4O2S. The molecule has 2 aliphatic rings. The Hall–Kier alpha value is -1.77. The van der Waals surface area contributed by atoms with Crippen LogP contribution in [0.2, 0.25) is 0 Å². The first-order valence-electron chi connectivity index (χ1n) is 12.0. The van der Waals surface area contributed by atoms with E-state index in [-0.39, 0.29) is 29.8 Å². The number of nitrogens with one attached hydrogen (secondary N) is 2. The van der Waals surface area contributed by atoms with Crippen molar-refractivity contribution < 1.29 is 9.59 Å². The maximum absolute atomic E-state index is 13.9. The molecule has 6 nitrogen and oxygen atoms in total. The fourth-order valence-electron chi connectivity index (χ4n) is 4.95. The molecular weight excluding hydrogens is 500 g/mol. The van der Waals surface area contributed by atoms with Gasteiger partial charge in [-0.15, -0.1) is 11.3 Å². The molecule has 33 heavy (non-hydrogen) atoms. The van der Waals surface area contributed by atoms with Crippen LogP contribution in [0.25, 0.3) is 11.3 Å². The minimum atomic E-state index is -0.460. The van der Waals surface area contributed by atoms with Gasteiger partial charge in [0.05, 0.1) is 17.8 Å². The zero-order chi connectivity index (χ0) is 23.4. The Kier molecular flexibility index (Phi) is 8.20. The second-order valence-corrected chi connectivity index (χ2v) is 11.0. The average Bonchev–Trinajstić information content (AvgIpc) is 3.51. The van der Waals surface area contributed by atoms with Crippen LogP contribution >= 0.6 is 27.3 Å². The smallest absolute Gasteiger partial charge is 0.246 e. The van der Waals surface area contributed by atoms with Gasteiger partial charge in [0, 0.05) is 22.0 Å². The molecule has 0 radical (unpaired) electrons. The highest BCUT2D eigenvalue weighted by Gasteiger charge is 2.40. The number of carbonyl (C=O) groups is 2. The lowest BCUT2D eigenvalue weighted by molar-refractivity contribution is -0.139. The van der Waals surface area contributed by atoms with E-state index in [9.17, 15) is 9.59 Å². The van der Waals surface area contributed by atoms with Gasteiger partial charge in [0.25, 0.3) is 0 Å². The fraction of sp³-hybridized carbons (Fsp3) is 0.560. The number of hydrogen-bond donors (Lipinski definition) is 2. The molecule has 3 atom stereocenters. The normalized spacial score (nSPS) is 21.1. The Morgan fingerprint density at radius 2 is 1.97 bits per heavy atom. The standard InChI is InChI=1S/C25H33BrN4O2S/c1-16(27-2)23(31)29-22(17-8-4-3-5-9-17)25(32)30-13-7-12-21(30)24-28-20(15-33-24)18-10-6-11-19(26)14-18/h6,10-11,14-17,21-22,27H,3-5,7-9,12-13H2,1-2H3,(H,29,31)/t16-,21?,22?/m0/s1. The summed E-state index contributed by atoms with van der Waals surface area (Å²) in [5, 5.41) is 9.15. The number of amides is 2. The van der Waals surface area contributed by atoms with Crippen molar-refractivity contribution in [1.82, 2.24) is 20.5 Å². The number of halogens is 1. The van der Waals surface area contributed by atoms with E-state index in [0.717, 1.165) is 65.8 Å². The van der Waals surface area contributed by atoms with Gasteiger partial charge in [-0.05, 0) is 57.7 Å². The molecule has 2 unspecified atom stereocenters. The number of thiazole rings is 1. The molecule has 2 heterocycles. The summed E-state index contributed by atoms with van der Waals surface area (Å²) in [6, 6.07) is 7.32. The topological polar surface area (TPSA) is 74.3 Å². The Balaban J connectivity index is 1.55. The van der Waals surface area contributed by atoms with Crippen LogP contribution < -0.4 is 10.6 Å². The second kappa shape index (κ2) is 11.1. The van der Waals surface area contributed by atoms with E-state index < -0.39 is 6.04 Å². The van der Waals surface area contributed by atoms with Crippen LogP contribution in [-0.4, -0.2) is 47.4 Å². The van der Waals surface area contributed by atoms with Crippen LogP contribution in [-0.2, 0) is 9.59 Å². The zero-order valence-corrected chi connectivity index (χ0v) is 21.8. The lowest BCUT2D eigenvalue weighted by atomic mass is 9.83. The molecule has 0 bridgehead atoms. The van der Waals surface area contributed by atoms with E-state index in [0.29, 0.717) is 0 Å². The Labute approximate surface area is 208 Å². The average molecular weight is 534 g/mol. The lowest BCUT2D eigenvalue weighted by Crippen LogP contribution is -2.55. The third-order valence-corrected chi connectivity index (χ3v) is 8.41. The zero-order valence-electron chi connectivity index (χ0n) is 19.4. The predicted octanol–water partition coefficient (Wildman–Crippen LogP) is 4.91. The molecule has 2 amide bonds. The van der Waals surface area contributed by atoms with Gasteiger partial charge in [-0.1, -0.05) is 47.3 Å². The molecule has 178 valence electrons.